The van der Waals surface area contributed by atoms with E-state index in [0.29, 0.717) is 22.1 Å². The Bertz CT molecular complexity index is 606. The predicted octanol–water partition coefficient (Wildman–Crippen LogP) is 1.44. The predicted molar refractivity (Wildman–Crippen MR) is 67.8 cm³/mol. The van der Waals surface area contributed by atoms with Crippen LogP contribution in [0.1, 0.15) is 5.82 Å². The lowest BCUT2D eigenvalue weighted by molar-refractivity contribution is 0.268. The topological polar surface area (TPSA) is 72.3 Å². The standard InChI is InChI=1S/C11H13N3O3S/c1-16-8-4-3-7(5-9(8)17-2)14-10(6-15)12-13-11(14)18/h3-5,15H,6H2,1-2H3,(H,13,18). The van der Waals surface area contributed by atoms with Gasteiger partial charge in [-0.25, -0.2) is 0 Å². The zero-order chi connectivity index (χ0) is 13.1. The summed E-state index contributed by atoms with van der Waals surface area (Å²) >= 11 is 5.12. The van der Waals surface area contributed by atoms with Crippen molar-refractivity contribution in [3.8, 4) is 17.2 Å². The lowest BCUT2D eigenvalue weighted by Crippen LogP contribution is -2.02. The molecule has 6 nitrogen and oxygen atoms in total. The van der Waals surface area contributed by atoms with Gasteiger partial charge in [0.05, 0.1) is 19.9 Å². The molecule has 2 N–H and O–H groups in total. The first-order valence-electron chi connectivity index (χ1n) is 5.20. The quantitative estimate of drug-likeness (QED) is 0.820. The first kappa shape index (κ1) is 12.6. The fourth-order valence-electron chi connectivity index (χ4n) is 1.67. The molecule has 2 rings (SSSR count). The summed E-state index contributed by atoms with van der Waals surface area (Å²) in [5.41, 5.74) is 0.746. The van der Waals surface area contributed by atoms with Gasteiger partial charge in [0.1, 0.15) is 6.61 Å². The molecule has 1 aromatic carbocycles. The van der Waals surface area contributed by atoms with Gasteiger partial charge in [-0.15, -0.1) is 0 Å². The van der Waals surface area contributed by atoms with E-state index < -0.39 is 0 Å². The molecule has 0 aliphatic heterocycles. The summed E-state index contributed by atoms with van der Waals surface area (Å²) in [5, 5.41) is 15.8. The number of methoxy groups -OCH3 is 2. The van der Waals surface area contributed by atoms with Gasteiger partial charge in [-0.2, -0.15) is 5.10 Å². The number of rotatable bonds is 4. The number of hydrogen-bond donors (Lipinski definition) is 2. The summed E-state index contributed by atoms with van der Waals surface area (Å²) in [7, 11) is 3.13. The van der Waals surface area contributed by atoms with Gasteiger partial charge in [-0.05, 0) is 24.4 Å². The van der Waals surface area contributed by atoms with E-state index in [4.69, 9.17) is 21.7 Å². The van der Waals surface area contributed by atoms with Crippen molar-refractivity contribution in [2.24, 2.45) is 0 Å². The lowest BCUT2D eigenvalue weighted by Gasteiger charge is -2.10. The Hall–Kier alpha value is -1.86. The van der Waals surface area contributed by atoms with Crippen LogP contribution in [0.5, 0.6) is 11.5 Å². The van der Waals surface area contributed by atoms with E-state index in [9.17, 15) is 5.11 Å². The Balaban J connectivity index is 2.57. The summed E-state index contributed by atoms with van der Waals surface area (Å²) in [4.78, 5) is 0. The summed E-state index contributed by atoms with van der Waals surface area (Å²) < 4.78 is 12.4. The van der Waals surface area contributed by atoms with Crippen molar-refractivity contribution < 1.29 is 14.6 Å². The van der Waals surface area contributed by atoms with Crippen molar-refractivity contribution in [1.29, 1.82) is 0 Å². The van der Waals surface area contributed by atoms with Crippen molar-refractivity contribution in [1.82, 2.24) is 14.8 Å². The zero-order valence-corrected chi connectivity index (χ0v) is 10.8. The van der Waals surface area contributed by atoms with Gasteiger partial charge >= 0.3 is 0 Å². The zero-order valence-electron chi connectivity index (χ0n) is 10.0. The molecule has 0 fully saturated rings. The first-order chi connectivity index (χ1) is 8.71. The lowest BCUT2D eigenvalue weighted by atomic mass is 10.2. The van der Waals surface area contributed by atoms with E-state index in [0.717, 1.165) is 5.69 Å². The fraction of sp³-hybridized carbons (Fsp3) is 0.273. The number of hydrogen-bond acceptors (Lipinski definition) is 5. The van der Waals surface area contributed by atoms with Crippen molar-refractivity contribution in [2.75, 3.05) is 14.2 Å². The van der Waals surface area contributed by atoms with E-state index in [-0.39, 0.29) is 6.61 Å². The molecule has 0 saturated heterocycles. The van der Waals surface area contributed by atoms with Crippen LogP contribution in [0, 0.1) is 4.77 Å². The number of aliphatic hydroxyl groups is 1. The Kier molecular flexibility index (Phi) is 3.63. The van der Waals surface area contributed by atoms with E-state index in [1.165, 1.54) is 0 Å². The van der Waals surface area contributed by atoms with Crippen LogP contribution in [0.3, 0.4) is 0 Å². The molecular formula is C11H13N3O3S. The molecule has 0 saturated carbocycles. The highest BCUT2D eigenvalue weighted by Crippen LogP contribution is 2.29. The highest BCUT2D eigenvalue weighted by Gasteiger charge is 2.10. The maximum atomic E-state index is 9.21. The number of H-pyrrole nitrogens is 1. The number of aromatic nitrogens is 3. The number of ether oxygens (including phenoxy) is 2. The Morgan fingerprint density at radius 1 is 1.33 bits per heavy atom. The summed E-state index contributed by atoms with van der Waals surface area (Å²) in [5.74, 6) is 1.65. The Morgan fingerprint density at radius 2 is 2.06 bits per heavy atom. The van der Waals surface area contributed by atoms with Crippen molar-refractivity contribution in [2.45, 2.75) is 6.61 Å². The third kappa shape index (κ3) is 2.09. The van der Waals surface area contributed by atoms with Crippen molar-refractivity contribution >= 4 is 12.2 Å². The van der Waals surface area contributed by atoms with Gasteiger partial charge in [0.25, 0.3) is 0 Å². The monoisotopic (exact) mass is 267 g/mol. The van der Waals surface area contributed by atoms with Crippen LogP contribution >= 0.6 is 12.2 Å². The SMILES string of the molecule is COc1ccc(-n2c(CO)n[nH]c2=S)cc1OC. The maximum absolute atomic E-state index is 9.21. The Morgan fingerprint density at radius 3 is 2.67 bits per heavy atom. The maximum Gasteiger partial charge on any atom is 0.199 e. The second-order valence-corrected chi connectivity index (χ2v) is 3.86. The number of benzene rings is 1. The average molecular weight is 267 g/mol. The molecule has 1 heterocycles. The van der Waals surface area contributed by atoms with Crippen LogP contribution in [-0.2, 0) is 6.61 Å². The molecular weight excluding hydrogens is 254 g/mol. The normalized spacial score (nSPS) is 10.4. The van der Waals surface area contributed by atoms with E-state index in [2.05, 4.69) is 10.2 Å². The molecule has 0 aliphatic rings. The summed E-state index contributed by atoms with van der Waals surface area (Å²) in [6.07, 6.45) is 0. The van der Waals surface area contributed by atoms with Gasteiger partial charge in [0.2, 0.25) is 0 Å². The number of nitrogens with zero attached hydrogens (tertiary/aromatic N) is 2. The van der Waals surface area contributed by atoms with Crippen molar-refractivity contribution in [3.63, 3.8) is 0 Å². The molecule has 18 heavy (non-hydrogen) atoms. The fourth-order valence-corrected chi connectivity index (χ4v) is 1.92. The van der Waals surface area contributed by atoms with Gasteiger partial charge in [-0.1, -0.05) is 0 Å². The molecule has 0 unspecified atom stereocenters. The molecule has 0 amide bonds. The smallest absolute Gasteiger partial charge is 0.199 e. The van der Waals surface area contributed by atoms with Crippen LogP contribution in [0.4, 0.5) is 0 Å². The van der Waals surface area contributed by atoms with Crippen LogP contribution in [0.25, 0.3) is 5.69 Å². The molecule has 7 heteroatoms. The second-order valence-electron chi connectivity index (χ2n) is 3.48. The van der Waals surface area contributed by atoms with Gasteiger partial charge < -0.3 is 14.6 Å². The molecule has 2 aromatic rings. The minimum Gasteiger partial charge on any atom is -0.493 e. The Labute approximate surface area is 109 Å². The van der Waals surface area contributed by atoms with Gasteiger partial charge in [0.15, 0.2) is 22.1 Å². The molecule has 1 aromatic heterocycles. The van der Waals surface area contributed by atoms with Gasteiger partial charge in [-0.3, -0.25) is 9.67 Å². The molecule has 0 atom stereocenters. The first-order valence-corrected chi connectivity index (χ1v) is 5.61. The van der Waals surface area contributed by atoms with Crippen LogP contribution in [-0.4, -0.2) is 34.1 Å². The number of aromatic amines is 1. The van der Waals surface area contributed by atoms with E-state index in [1.807, 2.05) is 6.07 Å². The molecule has 0 spiro atoms. The number of nitrogens with one attached hydrogen (secondary N) is 1. The summed E-state index contributed by atoms with van der Waals surface area (Å²) in [6, 6.07) is 5.35. The van der Waals surface area contributed by atoms with Crippen molar-refractivity contribution in [3.05, 3.63) is 28.8 Å². The minimum atomic E-state index is -0.207. The van der Waals surface area contributed by atoms with E-state index in [1.54, 1.807) is 30.9 Å². The second kappa shape index (κ2) is 5.19. The molecule has 0 radical (unpaired) electrons. The largest absolute Gasteiger partial charge is 0.493 e. The highest BCUT2D eigenvalue weighted by molar-refractivity contribution is 7.71. The minimum absolute atomic E-state index is 0.207. The third-order valence-electron chi connectivity index (χ3n) is 2.51. The van der Waals surface area contributed by atoms with Crippen LogP contribution in [0.2, 0.25) is 0 Å². The van der Waals surface area contributed by atoms with E-state index >= 15 is 0 Å². The molecule has 0 aliphatic carbocycles. The van der Waals surface area contributed by atoms with Gasteiger partial charge in [0, 0.05) is 6.07 Å². The molecule has 96 valence electrons. The average Bonchev–Trinajstić information content (AvgIpc) is 2.79. The van der Waals surface area contributed by atoms with Crippen LogP contribution in [0.15, 0.2) is 18.2 Å². The summed E-state index contributed by atoms with van der Waals surface area (Å²) in [6.45, 7) is -0.207. The van der Waals surface area contributed by atoms with Crippen LogP contribution < -0.4 is 9.47 Å². The highest BCUT2D eigenvalue weighted by atomic mass is 32.1. The third-order valence-corrected chi connectivity index (χ3v) is 2.78. The number of aliphatic hydroxyl groups excluding tert-OH is 1. The molecule has 0 bridgehead atoms.